The molecule has 2 N–H and O–H groups in total. The minimum Gasteiger partial charge on any atom is -0.469 e. The lowest BCUT2D eigenvalue weighted by atomic mass is 10.1. The molecule has 2 amide bonds. The van der Waals surface area contributed by atoms with Crippen molar-refractivity contribution in [1.82, 2.24) is 14.6 Å². The monoisotopic (exact) mass is 490 g/mol. The van der Waals surface area contributed by atoms with Crippen molar-refractivity contribution in [2.45, 2.75) is 26.4 Å². The minimum atomic E-state index is -1.40. The van der Waals surface area contributed by atoms with Crippen molar-refractivity contribution < 1.29 is 37.0 Å². The van der Waals surface area contributed by atoms with Crippen LogP contribution in [0.1, 0.15) is 24.0 Å². The molecule has 2 rings (SSSR count). The number of anilines is 1. The van der Waals surface area contributed by atoms with Crippen LogP contribution in [0, 0.1) is 24.4 Å². The molecule has 0 aliphatic heterocycles. The Labute approximate surface area is 193 Å². The fraction of sp³-hybridized carbons (Fsp3) is 0.450. The van der Waals surface area contributed by atoms with Gasteiger partial charge in [0.15, 0.2) is 16.6 Å². The van der Waals surface area contributed by atoms with E-state index in [0.717, 1.165) is 32.6 Å². The maximum absolute atomic E-state index is 14.1. The van der Waals surface area contributed by atoms with Gasteiger partial charge in [0.1, 0.15) is 12.4 Å². The third kappa shape index (κ3) is 7.49. The molecule has 1 aromatic carbocycles. The van der Waals surface area contributed by atoms with Gasteiger partial charge in [-0.1, -0.05) is 0 Å². The standard InChI is InChI=1S/C20H25F3N4O5S/c1-11-9-13(21)12(15(23)14(11)22)10-31-17-16(32-20(29)30-4)18(33-26-17)25-19(28)24-7-5-6-8-27(2)3/h9H,5-8,10H2,1-4H3,(H2,24,25,28). The molecule has 182 valence electrons. The number of halogens is 3. The SMILES string of the molecule is COC(=O)Oc1c(OCc2c(F)cc(C)c(F)c2F)nsc1NC(=O)NCCCCN(C)C. The van der Waals surface area contributed by atoms with Gasteiger partial charge in [-0.25, -0.2) is 22.8 Å². The number of hydrogen-bond acceptors (Lipinski definition) is 8. The van der Waals surface area contributed by atoms with Crippen LogP contribution in [-0.4, -0.2) is 55.8 Å². The van der Waals surface area contributed by atoms with E-state index >= 15 is 0 Å². The second-order valence-corrected chi connectivity index (χ2v) is 7.94. The number of aryl methyl sites for hydroxylation is 1. The van der Waals surface area contributed by atoms with Crippen molar-refractivity contribution in [3.63, 3.8) is 0 Å². The number of amides is 2. The number of carbonyl (C=O) groups is 2. The van der Waals surface area contributed by atoms with Gasteiger partial charge in [-0.05, 0) is 63.6 Å². The summed E-state index contributed by atoms with van der Waals surface area (Å²) in [5, 5.41) is 5.12. The van der Waals surface area contributed by atoms with E-state index in [1.807, 2.05) is 19.0 Å². The normalized spacial score (nSPS) is 10.8. The molecule has 0 bridgehead atoms. The summed E-state index contributed by atoms with van der Waals surface area (Å²) in [5.74, 6) is -4.27. The van der Waals surface area contributed by atoms with E-state index in [1.54, 1.807) is 0 Å². The van der Waals surface area contributed by atoms with E-state index in [0.29, 0.717) is 18.1 Å². The molecule has 0 unspecified atom stereocenters. The van der Waals surface area contributed by atoms with Crippen LogP contribution in [0.3, 0.4) is 0 Å². The molecule has 2 aromatic rings. The number of rotatable bonds is 10. The van der Waals surface area contributed by atoms with Gasteiger partial charge in [-0.2, -0.15) is 0 Å². The first-order valence-corrected chi connectivity index (χ1v) is 10.6. The molecule has 0 aliphatic rings. The lowest BCUT2D eigenvalue weighted by molar-refractivity contribution is 0.119. The first-order chi connectivity index (χ1) is 15.6. The van der Waals surface area contributed by atoms with Crippen molar-refractivity contribution in [1.29, 1.82) is 0 Å². The molecule has 0 spiro atoms. The topological polar surface area (TPSA) is 102 Å². The van der Waals surface area contributed by atoms with Crippen LogP contribution >= 0.6 is 11.5 Å². The molecule has 0 radical (unpaired) electrons. The van der Waals surface area contributed by atoms with Gasteiger partial charge in [-0.15, -0.1) is 4.37 Å². The Morgan fingerprint density at radius 1 is 1.18 bits per heavy atom. The molecular formula is C20H25F3N4O5S. The molecule has 9 nitrogen and oxygen atoms in total. The Bertz CT molecular complexity index is 987. The Morgan fingerprint density at radius 3 is 2.58 bits per heavy atom. The Morgan fingerprint density at radius 2 is 1.91 bits per heavy atom. The summed E-state index contributed by atoms with van der Waals surface area (Å²) in [4.78, 5) is 25.8. The number of carbonyl (C=O) groups excluding carboxylic acids is 2. The first-order valence-electron chi connectivity index (χ1n) is 9.84. The van der Waals surface area contributed by atoms with E-state index in [2.05, 4.69) is 19.7 Å². The van der Waals surface area contributed by atoms with Gasteiger partial charge in [0.2, 0.25) is 5.75 Å². The molecule has 0 fully saturated rings. The fourth-order valence-electron chi connectivity index (χ4n) is 2.58. The van der Waals surface area contributed by atoms with Crippen LogP contribution in [0.2, 0.25) is 0 Å². The van der Waals surface area contributed by atoms with Crippen molar-refractivity contribution in [3.8, 4) is 11.6 Å². The predicted octanol–water partition coefficient (Wildman–Crippen LogP) is 4.06. The second-order valence-electron chi connectivity index (χ2n) is 7.16. The molecule has 1 heterocycles. The van der Waals surface area contributed by atoms with Crippen LogP contribution in [0.15, 0.2) is 6.07 Å². The Hall–Kier alpha value is -3.06. The highest BCUT2D eigenvalue weighted by Crippen LogP contribution is 2.39. The van der Waals surface area contributed by atoms with Gasteiger partial charge in [0.25, 0.3) is 5.88 Å². The molecular weight excluding hydrogens is 465 g/mol. The number of benzene rings is 1. The lowest BCUT2D eigenvalue weighted by Crippen LogP contribution is -2.29. The van der Waals surface area contributed by atoms with Crippen LogP contribution in [0.4, 0.5) is 27.8 Å². The third-order valence-electron chi connectivity index (χ3n) is 4.31. The zero-order valence-electron chi connectivity index (χ0n) is 18.6. The maximum atomic E-state index is 14.1. The highest BCUT2D eigenvalue weighted by Gasteiger charge is 2.24. The minimum absolute atomic E-state index is 0.00257. The zero-order chi connectivity index (χ0) is 24.5. The highest BCUT2D eigenvalue weighted by molar-refractivity contribution is 7.11. The summed E-state index contributed by atoms with van der Waals surface area (Å²) in [7, 11) is 4.96. The molecule has 13 heteroatoms. The zero-order valence-corrected chi connectivity index (χ0v) is 19.4. The number of urea groups is 1. The Kier molecular flexibility index (Phi) is 9.73. The third-order valence-corrected chi connectivity index (χ3v) is 5.03. The summed E-state index contributed by atoms with van der Waals surface area (Å²) in [5.41, 5.74) is -0.864. The molecule has 0 aliphatic carbocycles. The fourth-order valence-corrected chi connectivity index (χ4v) is 3.24. The molecule has 0 atom stereocenters. The number of methoxy groups -OCH3 is 1. The van der Waals surface area contributed by atoms with Gasteiger partial charge < -0.3 is 24.4 Å². The number of ether oxygens (including phenoxy) is 3. The van der Waals surface area contributed by atoms with Crippen LogP contribution in [0.25, 0.3) is 0 Å². The molecule has 0 saturated heterocycles. The maximum Gasteiger partial charge on any atom is 0.513 e. The van der Waals surface area contributed by atoms with Gasteiger partial charge >= 0.3 is 12.2 Å². The van der Waals surface area contributed by atoms with Crippen molar-refractivity contribution >= 4 is 28.7 Å². The van der Waals surface area contributed by atoms with E-state index in [-0.39, 0.29) is 22.2 Å². The smallest absolute Gasteiger partial charge is 0.469 e. The van der Waals surface area contributed by atoms with Crippen LogP contribution in [0.5, 0.6) is 11.6 Å². The van der Waals surface area contributed by atoms with Crippen molar-refractivity contribution in [3.05, 3.63) is 34.6 Å². The van der Waals surface area contributed by atoms with E-state index in [1.165, 1.54) is 6.92 Å². The average molecular weight is 491 g/mol. The summed E-state index contributed by atoms with van der Waals surface area (Å²) >= 11 is 0.706. The molecule has 0 saturated carbocycles. The molecule has 1 aromatic heterocycles. The number of nitrogens with one attached hydrogen (secondary N) is 2. The summed E-state index contributed by atoms with van der Waals surface area (Å²) in [6.07, 6.45) is 0.499. The summed E-state index contributed by atoms with van der Waals surface area (Å²) in [6.45, 7) is 1.77. The Balaban J connectivity index is 2.10. The van der Waals surface area contributed by atoms with Crippen molar-refractivity contribution in [2.75, 3.05) is 39.6 Å². The first kappa shape index (κ1) is 26.2. The molecule has 33 heavy (non-hydrogen) atoms. The van der Waals surface area contributed by atoms with E-state index < -0.39 is 41.8 Å². The highest BCUT2D eigenvalue weighted by atomic mass is 32.1. The second kappa shape index (κ2) is 12.3. The quantitative estimate of drug-likeness (QED) is 0.294. The van der Waals surface area contributed by atoms with Crippen LogP contribution < -0.4 is 20.1 Å². The average Bonchev–Trinajstić information content (AvgIpc) is 3.12. The van der Waals surface area contributed by atoms with E-state index in [4.69, 9.17) is 9.47 Å². The predicted molar refractivity (Wildman–Crippen MR) is 115 cm³/mol. The summed E-state index contributed by atoms with van der Waals surface area (Å²) in [6, 6.07) is 0.252. The number of nitrogens with zero attached hydrogens (tertiary/aromatic N) is 2. The largest absolute Gasteiger partial charge is 0.513 e. The van der Waals surface area contributed by atoms with Gasteiger partial charge in [0.05, 0.1) is 12.7 Å². The van der Waals surface area contributed by atoms with E-state index in [9.17, 15) is 22.8 Å². The van der Waals surface area contributed by atoms with Gasteiger partial charge in [0, 0.05) is 6.54 Å². The van der Waals surface area contributed by atoms with Crippen molar-refractivity contribution in [2.24, 2.45) is 0 Å². The number of aromatic nitrogens is 1. The lowest BCUT2D eigenvalue weighted by Gasteiger charge is -2.11. The van der Waals surface area contributed by atoms with Gasteiger partial charge in [-0.3, -0.25) is 5.32 Å². The number of hydrogen-bond donors (Lipinski definition) is 2. The number of unbranched alkanes of at least 4 members (excludes halogenated alkanes) is 1. The van der Waals surface area contributed by atoms with Crippen LogP contribution in [-0.2, 0) is 11.3 Å². The summed E-state index contributed by atoms with van der Waals surface area (Å²) < 4.78 is 60.5.